The van der Waals surface area contributed by atoms with Crippen LogP contribution >= 0.6 is 0 Å². The average molecular weight is 285 g/mol. The summed E-state index contributed by atoms with van der Waals surface area (Å²) in [5.74, 6) is -0.257. The van der Waals surface area contributed by atoms with Crippen LogP contribution in [0.2, 0.25) is 0 Å². The highest BCUT2D eigenvalue weighted by molar-refractivity contribution is 5.95. The summed E-state index contributed by atoms with van der Waals surface area (Å²) in [4.78, 5) is 11.4. The van der Waals surface area contributed by atoms with Crippen LogP contribution in [-0.2, 0) is 11.2 Å². The molecule has 0 saturated heterocycles. The van der Waals surface area contributed by atoms with Crippen LogP contribution < -0.4 is 16.4 Å². The van der Waals surface area contributed by atoms with Crippen molar-refractivity contribution in [1.82, 2.24) is 0 Å². The van der Waals surface area contributed by atoms with Gasteiger partial charge in [0.25, 0.3) is 0 Å². The van der Waals surface area contributed by atoms with E-state index >= 15 is 0 Å². The van der Waals surface area contributed by atoms with E-state index in [1.54, 1.807) is 25.1 Å². The van der Waals surface area contributed by atoms with Crippen LogP contribution in [0.4, 0.5) is 27.1 Å². The number of anilines is 4. The largest absolute Gasteiger partial charge is 0.397 e. The Morgan fingerprint density at radius 3 is 2.86 bits per heavy atom. The summed E-state index contributed by atoms with van der Waals surface area (Å²) in [5.41, 5.74) is 10.3. The first kappa shape index (κ1) is 13.4. The third-order valence-electron chi connectivity index (χ3n) is 3.71. The van der Waals surface area contributed by atoms with E-state index in [-0.39, 0.29) is 11.7 Å². The second-order valence-corrected chi connectivity index (χ2v) is 5.18. The number of nitrogen functional groups attached to an aromatic ring is 1. The highest BCUT2D eigenvalue weighted by Gasteiger charge is 2.17. The first-order valence-electron chi connectivity index (χ1n) is 6.79. The molecule has 0 atom stereocenters. The van der Waals surface area contributed by atoms with Crippen LogP contribution in [0.3, 0.4) is 0 Å². The van der Waals surface area contributed by atoms with Crippen LogP contribution in [-0.4, -0.2) is 5.91 Å². The molecule has 4 nitrogen and oxygen atoms in total. The Labute approximate surface area is 122 Å². The maximum Gasteiger partial charge on any atom is 0.224 e. The van der Waals surface area contributed by atoms with Crippen molar-refractivity contribution in [2.75, 3.05) is 16.4 Å². The minimum Gasteiger partial charge on any atom is -0.397 e. The van der Waals surface area contributed by atoms with Crippen molar-refractivity contribution in [3.05, 3.63) is 47.3 Å². The van der Waals surface area contributed by atoms with E-state index in [0.29, 0.717) is 29.8 Å². The van der Waals surface area contributed by atoms with Crippen molar-refractivity contribution in [3.63, 3.8) is 0 Å². The number of hydrogen-bond acceptors (Lipinski definition) is 3. The molecule has 5 heteroatoms. The molecule has 0 aromatic heterocycles. The Hall–Kier alpha value is -2.56. The number of hydrogen-bond donors (Lipinski definition) is 3. The number of nitrogens with two attached hydrogens (primary N) is 1. The van der Waals surface area contributed by atoms with Gasteiger partial charge in [0.2, 0.25) is 5.91 Å². The number of carbonyl (C=O) groups is 1. The fourth-order valence-corrected chi connectivity index (χ4v) is 2.44. The summed E-state index contributed by atoms with van der Waals surface area (Å²) >= 11 is 0. The molecule has 0 saturated carbocycles. The number of nitrogens with one attached hydrogen (secondary N) is 2. The van der Waals surface area contributed by atoms with Gasteiger partial charge in [-0.3, -0.25) is 4.79 Å². The molecular weight excluding hydrogens is 269 g/mol. The molecule has 108 valence electrons. The quantitative estimate of drug-likeness (QED) is 0.741. The normalized spacial score (nSPS) is 13.5. The van der Waals surface area contributed by atoms with Gasteiger partial charge in [-0.2, -0.15) is 0 Å². The molecule has 2 aromatic carbocycles. The standard InChI is InChI=1S/C16H16FN3O/c1-9-11(17)3-2-4-13(9)19-15-7-10-5-6-16(21)20-14(10)8-12(15)18/h2-4,7-8,19H,5-6,18H2,1H3,(H,20,21). The zero-order valence-corrected chi connectivity index (χ0v) is 11.7. The van der Waals surface area contributed by atoms with E-state index in [1.807, 2.05) is 6.07 Å². The van der Waals surface area contributed by atoms with Crippen LogP contribution in [0.5, 0.6) is 0 Å². The number of rotatable bonds is 2. The van der Waals surface area contributed by atoms with Gasteiger partial charge in [-0.1, -0.05) is 6.07 Å². The van der Waals surface area contributed by atoms with Gasteiger partial charge in [0.1, 0.15) is 5.82 Å². The monoisotopic (exact) mass is 285 g/mol. The Bertz CT molecular complexity index is 728. The van der Waals surface area contributed by atoms with E-state index in [9.17, 15) is 9.18 Å². The molecule has 3 rings (SSSR count). The molecule has 0 radical (unpaired) electrons. The Balaban J connectivity index is 1.96. The predicted octanol–water partition coefficient (Wildman–Crippen LogP) is 3.34. The Morgan fingerprint density at radius 2 is 2.05 bits per heavy atom. The summed E-state index contributed by atoms with van der Waals surface area (Å²) in [5, 5.41) is 5.97. The molecule has 4 N–H and O–H groups in total. The van der Waals surface area contributed by atoms with Gasteiger partial charge in [-0.25, -0.2) is 4.39 Å². The Morgan fingerprint density at radius 1 is 1.24 bits per heavy atom. The lowest BCUT2D eigenvalue weighted by Gasteiger charge is -2.20. The van der Waals surface area contributed by atoms with Crippen molar-refractivity contribution in [1.29, 1.82) is 0 Å². The van der Waals surface area contributed by atoms with Gasteiger partial charge >= 0.3 is 0 Å². The maximum atomic E-state index is 13.6. The molecular formula is C16H16FN3O. The zero-order valence-electron chi connectivity index (χ0n) is 11.7. The summed E-state index contributed by atoms with van der Waals surface area (Å²) in [6.45, 7) is 1.71. The van der Waals surface area contributed by atoms with E-state index in [4.69, 9.17) is 5.73 Å². The molecule has 0 fully saturated rings. The van der Waals surface area contributed by atoms with E-state index in [0.717, 1.165) is 16.9 Å². The highest BCUT2D eigenvalue weighted by atomic mass is 19.1. The minimum absolute atomic E-state index is 0.00332. The van der Waals surface area contributed by atoms with E-state index in [2.05, 4.69) is 10.6 Å². The van der Waals surface area contributed by atoms with Gasteiger partial charge in [0.05, 0.1) is 11.4 Å². The lowest BCUT2D eigenvalue weighted by Crippen LogP contribution is -2.19. The first-order valence-corrected chi connectivity index (χ1v) is 6.79. The average Bonchev–Trinajstić information content (AvgIpc) is 2.45. The van der Waals surface area contributed by atoms with Crippen molar-refractivity contribution in [3.8, 4) is 0 Å². The molecule has 1 heterocycles. The molecule has 1 aliphatic rings. The molecule has 1 amide bonds. The van der Waals surface area contributed by atoms with Crippen molar-refractivity contribution in [2.45, 2.75) is 19.8 Å². The summed E-state index contributed by atoms with van der Waals surface area (Å²) in [7, 11) is 0. The van der Waals surface area contributed by atoms with E-state index < -0.39 is 0 Å². The van der Waals surface area contributed by atoms with Crippen LogP contribution in [0.25, 0.3) is 0 Å². The summed E-state index contributed by atoms with van der Waals surface area (Å²) in [6, 6.07) is 8.53. The maximum absolute atomic E-state index is 13.6. The number of carbonyl (C=O) groups excluding carboxylic acids is 1. The fourth-order valence-electron chi connectivity index (χ4n) is 2.44. The number of halogens is 1. The molecule has 0 spiro atoms. The molecule has 2 aromatic rings. The van der Waals surface area contributed by atoms with Gasteiger partial charge in [0.15, 0.2) is 0 Å². The van der Waals surface area contributed by atoms with Crippen LogP contribution in [0.1, 0.15) is 17.5 Å². The second-order valence-electron chi connectivity index (χ2n) is 5.18. The van der Waals surface area contributed by atoms with Crippen molar-refractivity contribution < 1.29 is 9.18 Å². The molecule has 0 bridgehead atoms. The van der Waals surface area contributed by atoms with Gasteiger partial charge in [0, 0.05) is 23.4 Å². The smallest absolute Gasteiger partial charge is 0.224 e. The lowest BCUT2D eigenvalue weighted by atomic mass is 10.0. The molecule has 0 aliphatic carbocycles. The fraction of sp³-hybridized carbons (Fsp3) is 0.188. The molecule has 0 unspecified atom stereocenters. The van der Waals surface area contributed by atoms with Gasteiger partial charge in [-0.15, -0.1) is 0 Å². The number of amides is 1. The van der Waals surface area contributed by atoms with E-state index in [1.165, 1.54) is 6.07 Å². The number of fused-ring (bicyclic) bond motifs is 1. The lowest BCUT2D eigenvalue weighted by molar-refractivity contribution is -0.116. The summed E-state index contributed by atoms with van der Waals surface area (Å²) < 4.78 is 13.6. The van der Waals surface area contributed by atoms with Gasteiger partial charge in [-0.05, 0) is 43.2 Å². The van der Waals surface area contributed by atoms with Crippen molar-refractivity contribution >= 4 is 28.7 Å². The molecule has 21 heavy (non-hydrogen) atoms. The second kappa shape index (κ2) is 5.09. The third kappa shape index (κ3) is 2.54. The van der Waals surface area contributed by atoms with Gasteiger partial charge < -0.3 is 16.4 Å². The topological polar surface area (TPSA) is 67.2 Å². The predicted molar refractivity (Wildman–Crippen MR) is 82.2 cm³/mol. The number of benzene rings is 2. The SMILES string of the molecule is Cc1c(F)cccc1Nc1cc2c(cc1N)NC(=O)CC2. The highest BCUT2D eigenvalue weighted by Crippen LogP contribution is 2.33. The number of aryl methyl sites for hydroxylation is 1. The van der Waals surface area contributed by atoms with Crippen LogP contribution in [0, 0.1) is 12.7 Å². The first-order chi connectivity index (χ1) is 10.0. The summed E-state index contributed by atoms with van der Waals surface area (Å²) in [6.07, 6.45) is 1.15. The Kier molecular flexibility index (Phi) is 3.25. The van der Waals surface area contributed by atoms with Crippen LogP contribution in [0.15, 0.2) is 30.3 Å². The van der Waals surface area contributed by atoms with Crippen molar-refractivity contribution in [2.24, 2.45) is 0 Å². The third-order valence-corrected chi connectivity index (χ3v) is 3.71. The minimum atomic E-state index is -0.260. The molecule has 1 aliphatic heterocycles. The zero-order chi connectivity index (χ0) is 15.0.